The molecule has 1 heterocycles. The molecule has 0 amide bonds. The zero-order valence-electron chi connectivity index (χ0n) is 11.7. The number of thioether (sulfide) groups is 1. The Bertz CT molecular complexity index is 601. The summed E-state index contributed by atoms with van der Waals surface area (Å²) in [5.41, 5.74) is 3.63. The summed E-state index contributed by atoms with van der Waals surface area (Å²) in [7, 11) is 1.98. The molecule has 0 saturated heterocycles. The van der Waals surface area contributed by atoms with Crippen molar-refractivity contribution < 1.29 is 4.39 Å². The SMILES string of the molecule is CNC(c1ccc(F)cc1C)C1Cc2ccccc2S1. The number of halogens is 1. The third-order valence-electron chi connectivity index (χ3n) is 3.92. The third-order valence-corrected chi connectivity index (χ3v) is 5.32. The molecule has 1 N–H and O–H groups in total. The molecule has 0 aliphatic carbocycles. The van der Waals surface area contributed by atoms with Crippen molar-refractivity contribution in [2.45, 2.75) is 29.5 Å². The van der Waals surface area contributed by atoms with Gasteiger partial charge in [0.25, 0.3) is 0 Å². The van der Waals surface area contributed by atoms with E-state index in [9.17, 15) is 4.39 Å². The van der Waals surface area contributed by atoms with E-state index in [1.165, 1.54) is 16.0 Å². The Morgan fingerprint density at radius 1 is 1.25 bits per heavy atom. The minimum Gasteiger partial charge on any atom is -0.312 e. The van der Waals surface area contributed by atoms with Crippen molar-refractivity contribution in [1.29, 1.82) is 0 Å². The maximum atomic E-state index is 13.3. The van der Waals surface area contributed by atoms with Gasteiger partial charge < -0.3 is 5.32 Å². The van der Waals surface area contributed by atoms with Gasteiger partial charge in [0, 0.05) is 16.2 Å². The van der Waals surface area contributed by atoms with Crippen LogP contribution in [0.4, 0.5) is 4.39 Å². The Morgan fingerprint density at radius 2 is 2.05 bits per heavy atom. The van der Waals surface area contributed by atoms with E-state index < -0.39 is 0 Å². The summed E-state index contributed by atoms with van der Waals surface area (Å²) in [5.74, 6) is -0.163. The van der Waals surface area contributed by atoms with Crippen LogP contribution in [-0.2, 0) is 6.42 Å². The first kappa shape index (κ1) is 13.7. The standard InChI is InChI=1S/C17H18FNS/c1-11-9-13(18)7-8-14(11)17(19-2)16-10-12-5-3-4-6-15(12)20-16/h3-9,16-17,19H,10H2,1-2H3. The average molecular weight is 287 g/mol. The first-order valence-electron chi connectivity index (χ1n) is 6.87. The van der Waals surface area contributed by atoms with E-state index in [-0.39, 0.29) is 11.9 Å². The highest BCUT2D eigenvalue weighted by molar-refractivity contribution is 8.00. The van der Waals surface area contributed by atoms with Gasteiger partial charge in [-0.25, -0.2) is 4.39 Å². The van der Waals surface area contributed by atoms with E-state index in [1.54, 1.807) is 12.1 Å². The highest BCUT2D eigenvalue weighted by atomic mass is 32.2. The average Bonchev–Trinajstić information content (AvgIpc) is 2.85. The van der Waals surface area contributed by atoms with Crippen molar-refractivity contribution in [1.82, 2.24) is 5.32 Å². The van der Waals surface area contributed by atoms with Gasteiger partial charge in [0.05, 0.1) is 0 Å². The molecule has 2 aromatic rings. The number of aryl methyl sites for hydroxylation is 1. The van der Waals surface area contributed by atoms with Crippen LogP contribution in [-0.4, -0.2) is 12.3 Å². The predicted molar refractivity (Wildman–Crippen MR) is 82.7 cm³/mol. The lowest BCUT2D eigenvalue weighted by Gasteiger charge is -2.24. The molecule has 2 unspecified atom stereocenters. The summed E-state index contributed by atoms with van der Waals surface area (Å²) < 4.78 is 13.3. The van der Waals surface area contributed by atoms with Crippen LogP contribution in [0.15, 0.2) is 47.4 Å². The molecule has 20 heavy (non-hydrogen) atoms. The summed E-state index contributed by atoms with van der Waals surface area (Å²) in [6, 6.07) is 13.9. The zero-order chi connectivity index (χ0) is 14.1. The number of hydrogen-bond donors (Lipinski definition) is 1. The van der Waals surface area contributed by atoms with Crippen LogP contribution < -0.4 is 5.32 Å². The molecular weight excluding hydrogens is 269 g/mol. The Hall–Kier alpha value is -1.32. The van der Waals surface area contributed by atoms with E-state index in [1.807, 2.05) is 31.8 Å². The summed E-state index contributed by atoms with van der Waals surface area (Å²) in [6.07, 6.45) is 1.06. The second kappa shape index (κ2) is 5.58. The van der Waals surface area contributed by atoms with Crippen LogP contribution in [0.5, 0.6) is 0 Å². The molecule has 0 radical (unpaired) electrons. The van der Waals surface area contributed by atoms with Crippen molar-refractivity contribution in [2.75, 3.05) is 7.05 Å². The molecule has 1 nitrogen and oxygen atoms in total. The van der Waals surface area contributed by atoms with Gasteiger partial charge >= 0.3 is 0 Å². The van der Waals surface area contributed by atoms with E-state index in [0.29, 0.717) is 5.25 Å². The van der Waals surface area contributed by atoms with Gasteiger partial charge in [-0.15, -0.1) is 11.8 Å². The second-order valence-electron chi connectivity index (χ2n) is 5.24. The van der Waals surface area contributed by atoms with Crippen LogP contribution in [0.25, 0.3) is 0 Å². The smallest absolute Gasteiger partial charge is 0.123 e. The van der Waals surface area contributed by atoms with Crippen molar-refractivity contribution in [3.8, 4) is 0 Å². The van der Waals surface area contributed by atoms with E-state index in [4.69, 9.17) is 0 Å². The van der Waals surface area contributed by atoms with Gasteiger partial charge in [-0.1, -0.05) is 24.3 Å². The molecular formula is C17H18FNS. The fraction of sp³-hybridized carbons (Fsp3) is 0.294. The summed E-state index contributed by atoms with van der Waals surface area (Å²) in [6.45, 7) is 1.98. The number of hydrogen-bond acceptors (Lipinski definition) is 2. The highest BCUT2D eigenvalue weighted by Crippen LogP contribution is 2.42. The molecule has 3 rings (SSSR count). The first-order valence-corrected chi connectivity index (χ1v) is 7.75. The maximum absolute atomic E-state index is 13.3. The van der Waals surface area contributed by atoms with Crippen molar-refractivity contribution in [2.24, 2.45) is 0 Å². The van der Waals surface area contributed by atoms with Gasteiger partial charge in [-0.2, -0.15) is 0 Å². The molecule has 0 aromatic heterocycles. The van der Waals surface area contributed by atoms with E-state index in [2.05, 4.69) is 29.6 Å². The van der Waals surface area contributed by atoms with Gasteiger partial charge in [0.15, 0.2) is 0 Å². The lowest BCUT2D eigenvalue weighted by Crippen LogP contribution is -2.27. The lowest BCUT2D eigenvalue weighted by atomic mass is 9.95. The van der Waals surface area contributed by atoms with E-state index in [0.717, 1.165) is 12.0 Å². The second-order valence-corrected chi connectivity index (χ2v) is 6.52. The molecule has 2 aromatic carbocycles. The molecule has 0 saturated carbocycles. The van der Waals surface area contributed by atoms with Crippen LogP contribution in [0.2, 0.25) is 0 Å². The van der Waals surface area contributed by atoms with Crippen LogP contribution in [0, 0.1) is 12.7 Å². The molecule has 1 aliphatic heterocycles. The van der Waals surface area contributed by atoms with Gasteiger partial charge in [0.2, 0.25) is 0 Å². The molecule has 104 valence electrons. The monoisotopic (exact) mass is 287 g/mol. The maximum Gasteiger partial charge on any atom is 0.123 e. The largest absolute Gasteiger partial charge is 0.312 e. The van der Waals surface area contributed by atoms with Crippen molar-refractivity contribution in [3.63, 3.8) is 0 Å². The number of fused-ring (bicyclic) bond motifs is 1. The van der Waals surface area contributed by atoms with Crippen LogP contribution >= 0.6 is 11.8 Å². The summed E-state index contributed by atoms with van der Waals surface area (Å²) in [5, 5.41) is 3.87. The molecule has 3 heteroatoms. The number of nitrogens with one attached hydrogen (secondary N) is 1. The fourth-order valence-corrected chi connectivity index (χ4v) is 4.39. The topological polar surface area (TPSA) is 12.0 Å². The van der Waals surface area contributed by atoms with Crippen LogP contribution in [0.1, 0.15) is 22.7 Å². The molecule has 2 atom stereocenters. The minimum absolute atomic E-state index is 0.163. The minimum atomic E-state index is -0.163. The summed E-state index contributed by atoms with van der Waals surface area (Å²) in [4.78, 5) is 1.37. The molecule has 1 aliphatic rings. The predicted octanol–water partition coefficient (Wildman–Crippen LogP) is 4.11. The lowest BCUT2D eigenvalue weighted by molar-refractivity contribution is 0.561. The normalized spacial score (nSPS) is 18.9. The molecule has 0 fully saturated rings. The van der Waals surface area contributed by atoms with Crippen molar-refractivity contribution >= 4 is 11.8 Å². The Morgan fingerprint density at radius 3 is 2.75 bits per heavy atom. The third kappa shape index (κ3) is 2.48. The Labute approximate surface area is 123 Å². The fourth-order valence-electron chi connectivity index (χ4n) is 2.92. The van der Waals surface area contributed by atoms with E-state index >= 15 is 0 Å². The van der Waals surface area contributed by atoms with Crippen LogP contribution in [0.3, 0.4) is 0 Å². The molecule has 0 spiro atoms. The quantitative estimate of drug-likeness (QED) is 0.911. The van der Waals surface area contributed by atoms with Gasteiger partial charge in [0.1, 0.15) is 5.82 Å². The molecule has 0 bridgehead atoms. The van der Waals surface area contributed by atoms with Gasteiger partial charge in [-0.3, -0.25) is 0 Å². The zero-order valence-corrected chi connectivity index (χ0v) is 12.5. The van der Waals surface area contributed by atoms with Gasteiger partial charge in [-0.05, 0) is 55.3 Å². The Balaban J connectivity index is 1.89. The number of benzene rings is 2. The Kier molecular flexibility index (Phi) is 3.81. The first-order chi connectivity index (χ1) is 9.69. The summed E-state index contributed by atoms with van der Waals surface area (Å²) >= 11 is 1.92. The highest BCUT2D eigenvalue weighted by Gasteiger charge is 2.30. The number of rotatable bonds is 3. The van der Waals surface area contributed by atoms with Crippen molar-refractivity contribution in [3.05, 3.63) is 65.0 Å².